The number of benzene rings is 1. The molecule has 1 atom stereocenters. The van der Waals surface area contributed by atoms with E-state index in [-0.39, 0.29) is 22.7 Å². The van der Waals surface area contributed by atoms with E-state index in [9.17, 15) is 9.59 Å². The lowest BCUT2D eigenvalue weighted by Gasteiger charge is -2.05. The second-order valence-corrected chi connectivity index (χ2v) is 5.42. The Balaban J connectivity index is 2.40. The van der Waals surface area contributed by atoms with Gasteiger partial charge >= 0.3 is 5.97 Å². The molecule has 6 nitrogen and oxygen atoms in total. The van der Waals surface area contributed by atoms with Gasteiger partial charge in [0, 0.05) is 10.7 Å². The van der Waals surface area contributed by atoms with Crippen LogP contribution in [0.25, 0.3) is 0 Å². The van der Waals surface area contributed by atoms with Gasteiger partial charge in [-0.3, -0.25) is 9.78 Å². The normalized spacial score (nSPS) is 12.3. The first kappa shape index (κ1) is 16.3. The van der Waals surface area contributed by atoms with Crippen molar-refractivity contribution in [3.63, 3.8) is 0 Å². The van der Waals surface area contributed by atoms with Crippen LogP contribution in [0.4, 0.5) is 5.69 Å². The summed E-state index contributed by atoms with van der Waals surface area (Å²) < 4.78 is 0.673. The predicted octanol–water partition coefficient (Wildman–Crippen LogP) is 3.81. The lowest BCUT2D eigenvalue weighted by molar-refractivity contribution is -0.136. The molecular weight excluding hydrogens is 374 g/mol. The van der Waals surface area contributed by atoms with Gasteiger partial charge in [0.25, 0.3) is 0 Å². The van der Waals surface area contributed by atoms with Crippen LogP contribution in [0.3, 0.4) is 0 Å². The number of aliphatic carboxylic acids is 1. The van der Waals surface area contributed by atoms with Crippen LogP contribution in [-0.4, -0.2) is 27.3 Å². The van der Waals surface area contributed by atoms with Crippen molar-refractivity contribution in [2.75, 3.05) is 0 Å². The Morgan fingerprint density at radius 2 is 2.05 bits per heavy atom. The van der Waals surface area contributed by atoms with E-state index < -0.39 is 11.5 Å². The maximum Gasteiger partial charge on any atom is 0.345 e. The van der Waals surface area contributed by atoms with E-state index in [4.69, 9.17) is 16.7 Å². The Morgan fingerprint density at radius 1 is 1.27 bits per heavy atom. The molecule has 22 heavy (non-hydrogen) atoms. The molecule has 0 fully saturated rings. The Kier molecular flexibility index (Phi) is 5.35. The van der Waals surface area contributed by atoms with E-state index in [1.807, 2.05) is 0 Å². The zero-order valence-electron chi connectivity index (χ0n) is 11.0. The highest BCUT2D eigenvalue weighted by Gasteiger charge is 2.17. The van der Waals surface area contributed by atoms with Crippen molar-refractivity contribution >= 4 is 45.0 Å². The van der Waals surface area contributed by atoms with E-state index in [2.05, 4.69) is 31.1 Å². The van der Waals surface area contributed by atoms with Gasteiger partial charge in [-0.15, -0.1) is 0 Å². The molecule has 0 spiro atoms. The van der Waals surface area contributed by atoms with Gasteiger partial charge in [-0.25, -0.2) is 4.79 Å². The zero-order valence-corrected chi connectivity index (χ0v) is 13.3. The Labute approximate surface area is 139 Å². The number of ketones is 1. The van der Waals surface area contributed by atoms with Crippen LogP contribution < -0.4 is 0 Å². The number of hydrogen-bond donors (Lipinski definition) is 1. The number of pyridine rings is 1. The van der Waals surface area contributed by atoms with Gasteiger partial charge in [-0.1, -0.05) is 33.6 Å². The first-order chi connectivity index (χ1) is 10.5. The highest BCUT2D eigenvalue weighted by Crippen LogP contribution is 2.26. The monoisotopic (exact) mass is 381 g/mol. The number of aromatic nitrogens is 1. The number of nitrogens with zero attached hydrogens (tertiary/aromatic N) is 3. The number of hydrogen-bond acceptors (Lipinski definition) is 5. The van der Waals surface area contributed by atoms with Crippen molar-refractivity contribution in [3.8, 4) is 0 Å². The summed E-state index contributed by atoms with van der Waals surface area (Å²) in [6.07, 6.45) is 1.51. The topological polar surface area (TPSA) is 92.0 Å². The molecule has 2 rings (SSSR count). The number of alkyl halides is 1. The largest absolute Gasteiger partial charge is 0.479 e. The maximum absolute atomic E-state index is 12.5. The van der Waals surface area contributed by atoms with Crippen LogP contribution in [0.1, 0.15) is 16.1 Å². The summed E-state index contributed by atoms with van der Waals surface area (Å²) in [6.45, 7) is 0. The molecule has 0 amide bonds. The number of carbonyl (C=O) groups excluding carboxylic acids is 1. The minimum atomic E-state index is -1.51. The number of azo groups is 1. The summed E-state index contributed by atoms with van der Waals surface area (Å²) in [5, 5.41) is 15.9. The highest BCUT2D eigenvalue weighted by molar-refractivity contribution is 9.10. The first-order valence-electron chi connectivity index (χ1n) is 6.02. The maximum atomic E-state index is 12.5. The van der Waals surface area contributed by atoms with Gasteiger partial charge in [-0.2, -0.15) is 10.2 Å². The predicted molar refractivity (Wildman–Crippen MR) is 83.6 cm³/mol. The lowest BCUT2D eigenvalue weighted by atomic mass is 10.1. The van der Waals surface area contributed by atoms with Gasteiger partial charge in [0.2, 0.25) is 11.3 Å². The van der Waals surface area contributed by atoms with Crippen LogP contribution in [0.2, 0.25) is 0 Å². The quantitative estimate of drug-likeness (QED) is 0.368. The molecule has 112 valence electrons. The fraction of sp³-hybridized carbons (Fsp3) is 0.0714. The minimum absolute atomic E-state index is 0.214. The average Bonchev–Trinajstić information content (AvgIpc) is 2.53. The number of carbonyl (C=O) groups is 2. The summed E-state index contributed by atoms with van der Waals surface area (Å²) in [5.74, 6) is -1.67. The van der Waals surface area contributed by atoms with Crippen LogP contribution in [0.5, 0.6) is 0 Å². The van der Waals surface area contributed by atoms with E-state index in [1.165, 1.54) is 12.3 Å². The van der Waals surface area contributed by atoms with Crippen LogP contribution >= 0.6 is 27.5 Å². The molecule has 0 saturated carbocycles. The van der Waals surface area contributed by atoms with Crippen molar-refractivity contribution in [3.05, 3.63) is 58.3 Å². The summed E-state index contributed by atoms with van der Waals surface area (Å²) in [6, 6.07) is 9.73. The number of carboxylic acid groups (broad SMARTS) is 1. The molecule has 8 heteroatoms. The minimum Gasteiger partial charge on any atom is -0.479 e. The lowest BCUT2D eigenvalue weighted by Crippen LogP contribution is -2.09. The SMILES string of the molecule is O=C(c1ccccn1)c1cc(Br)ccc1/N=N/C(Cl)C(=O)O. The first-order valence-corrected chi connectivity index (χ1v) is 7.25. The van der Waals surface area contributed by atoms with Gasteiger partial charge in [0.15, 0.2) is 0 Å². The molecule has 1 N–H and O–H groups in total. The fourth-order valence-corrected chi connectivity index (χ4v) is 1.98. The third-order valence-corrected chi connectivity index (χ3v) is 3.34. The third kappa shape index (κ3) is 3.96. The molecule has 1 aromatic carbocycles. The molecule has 0 bridgehead atoms. The standard InChI is InChI=1S/C14H9BrClN3O3/c15-8-4-5-10(18-19-13(16)14(21)22)9(7-8)12(20)11-3-1-2-6-17-11/h1-7,13H,(H,21,22)/b19-18+. The van der Waals surface area contributed by atoms with E-state index in [1.54, 1.807) is 30.3 Å². The summed E-state index contributed by atoms with van der Waals surface area (Å²) in [5.41, 5.74) is -0.809. The van der Waals surface area contributed by atoms with Gasteiger partial charge < -0.3 is 5.11 Å². The second kappa shape index (κ2) is 7.24. The summed E-state index contributed by atoms with van der Waals surface area (Å²) in [7, 11) is 0. The van der Waals surface area contributed by atoms with Gasteiger partial charge in [-0.05, 0) is 30.3 Å². The van der Waals surface area contributed by atoms with E-state index in [0.29, 0.717) is 4.47 Å². The molecule has 2 aromatic rings. The van der Waals surface area contributed by atoms with E-state index in [0.717, 1.165) is 0 Å². The summed E-state index contributed by atoms with van der Waals surface area (Å²) >= 11 is 8.75. The smallest absolute Gasteiger partial charge is 0.345 e. The highest BCUT2D eigenvalue weighted by atomic mass is 79.9. The van der Waals surface area contributed by atoms with Crippen LogP contribution in [0.15, 0.2) is 57.3 Å². The van der Waals surface area contributed by atoms with Crippen molar-refractivity contribution in [1.82, 2.24) is 4.98 Å². The Morgan fingerprint density at radius 3 is 2.68 bits per heavy atom. The van der Waals surface area contributed by atoms with Crippen molar-refractivity contribution in [2.24, 2.45) is 10.2 Å². The molecule has 1 aromatic heterocycles. The molecule has 0 saturated heterocycles. The number of rotatable bonds is 5. The molecule has 0 aliphatic carbocycles. The average molecular weight is 383 g/mol. The van der Waals surface area contributed by atoms with Crippen molar-refractivity contribution in [1.29, 1.82) is 0 Å². The third-order valence-electron chi connectivity index (χ3n) is 2.57. The second-order valence-electron chi connectivity index (χ2n) is 4.10. The summed E-state index contributed by atoms with van der Waals surface area (Å²) in [4.78, 5) is 27.1. The van der Waals surface area contributed by atoms with Crippen LogP contribution in [-0.2, 0) is 4.79 Å². The van der Waals surface area contributed by atoms with Crippen LogP contribution in [0, 0.1) is 0 Å². The molecule has 1 heterocycles. The van der Waals surface area contributed by atoms with Gasteiger partial charge in [0.05, 0.1) is 11.3 Å². The van der Waals surface area contributed by atoms with E-state index >= 15 is 0 Å². The van der Waals surface area contributed by atoms with Crippen molar-refractivity contribution < 1.29 is 14.7 Å². The number of halogens is 2. The molecule has 0 aliphatic rings. The Bertz CT molecular complexity index is 737. The molecule has 0 aliphatic heterocycles. The molecule has 1 unspecified atom stereocenters. The van der Waals surface area contributed by atoms with Crippen molar-refractivity contribution in [2.45, 2.75) is 5.50 Å². The Hall–Kier alpha value is -2.12. The fourth-order valence-electron chi connectivity index (χ4n) is 1.57. The molecule has 0 radical (unpaired) electrons. The van der Waals surface area contributed by atoms with Gasteiger partial charge in [0.1, 0.15) is 5.69 Å². The number of carboxylic acids is 1. The molecular formula is C14H9BrClN3O3. The zero-order chi connectivity index (χ0) is 16.1.